The Morgan fingerprint density at radius 3 is 2.76 bits per heavy atom. The summed E-state index contributed by atoms with van der Waals surface area (Å²) in [6, 6.07) is 7.99. The normalized spacial score (nSPS) is 18.2. The molecule has 5 heterocycles. The van der Waals surface area contributed by atoms with E-state index in [1.807, 2.05) is 13.0 Å². The zero-order valence-electron chi connectivity index (χ0n) is 24.1. The number of aromatic nitrogens is 3. The highest BCUT2D eigenvalue weighted by atomic mass is 16.5. The molecule has 1 atom stereocenters. The average Bonchev–Trinajstić information content (AvgIpc) is 3.41. The molecule has 12 nitrogen and oxygen atoms in total. The summed E-state index contributed by atoms with van der Waals surface area (Å²) in [6.07, 6.45) is 4.94. The van der Waals surface area contributed by atoms with E-state index in [9.17, 15) is 9.90 Å². The summed E-state index contributed by atoms with van der Waals surface area (Å²) >= 11 is 0. The van der Waals surface area contributed by atoms with Crippen LogP contribution >= 0.6 is 0 Å². The minimum Gasteiger partial charge on any atom is -0.486 e. The number of hydrogen-bond acceptors (Lipinski definition) is 11. The highest BCUT2D eigenvalue weighted by molar-refractivity contribution is 5.93. The summed E-state index contributed by atoms with van der Waals surface area (Å²) in [7, 11) is 0. The fourth-order valence-electron chi connectivity index (χ4n) is 5.50. The van der Waals surface area contributed by atoms with Crippen LogP contribution in [0.1, 0.15) is 52.3 Å². The number of β-amino-alcohol motifs (C(OH)–C–C–N with tert-alkyl or cyclic N) is 1. The summed E-state index contributed by atoms with van der Waals surface area (Å²) in [6.45, 7) is 7.38. The first-order chi connectivity index (χ1) is 20.5. The SMILES string of the molecule is Cc1ncoc1COc1ccc2c(c1)CCN(C[C@@H](O)CNC(=O)c1cc(NC3COC3)nc(N3CCCCC3)n1)C2. The number of benzene rings is 1. The Balaban J connectivity index is 1.01. The molecule has 2 fully saturated rings. The number of aliphatic hydroxyl groups excluding tert-OH is 1. The number of nitrogens with zero attached hydrogens (tertiary/aromatic N) is 5. The average molecular weight is 578 g/mol. The van der Waals surface area contributed by atoms with Crippen LogP contribution in [0.3, 0.4) is 0 Å². The van der Waals surface area contributed by atoms with Gasteiger partial charge in [-0.05, 0) is 55.9 Å². The number of oxazole rings is 1. The molecule has 12 heteroatoms. The Morgan fingerprint density at radius 2 is 2.00 bits per heavy atom. The van der Waals surface area contributed by atoms with Crippen molar-refractivity contribution in [2.24, 2.45) is 0 Å². The van der Waals surface area contributed by atoms with Crippen molar-refractivity contribution in [3.8, 4) is 5.75 Å². The first-order valence-electron chi connectivity index (χ1n) is 14.8. The van der Waals surface area contributed by atoms with E-state index in [-0.39, 0.29) is 18.5 Å². The molecule has 3 aromatic rings. The molecule has 0 spiro atoms. The number of hydrogen-bond donors (Lipinski definition) is 3. The molecule has 0 unspecified atom stereocenters. The summed E-state index contributed by atoms with van der Waals surface area (Å²) in [5.74, 6) is 2.40. The van der Waals surface area contributed by atoms with Crippen LogP contribution in [-0.4, -0.2) is 88.9 Å². The smallest absolute Gasteiger partial charge is 0.270 e. The molecule has 0 bridgehead atoms. The van der Waals surface area contributed by atoms with Gasteiger partial charge in [-0.2, -0.15) is 4.98 Å². The van der Waals surface area contributed by atoms with Crippen LogP contribution in [0.4, 0.5) is 11.8 Å². The van der Waals surface area contributed by atoms with Crippen LogP contribution in [-0.2, 0) is 24.3 Å². The topological polar surface area (TPSA) is 138 Å². The predicted molar refractivity (Wildman–Crippen MR) is 156 cm³/mol. The first kappa shape index (κ1) is 28.4. The molecule has 6 rings (SSSR count). The van der Waals surface area contributed by atoms with Crippen molar-refractivity contribution in [3.63, 3.8) is 0 Å². The van der Waals surface area contributed by atoms with Gasteiger partial charge in [0.05, 0.1) is 31.1 Å². The van der Waals surface area contributed by atoms with Gasteiger partial charge in [-0.1, -0.05) is 6.07 Å². The number of carbonyl (C=O) groups excluding carboxylic acids is 1. The monoisotopic (exact) mass is 577 g/mol. The first-order valence-corrected chi connectivity index (χ1v) is 14.8. The number of rotatable bonds is 11. The van der Waals surface area contributed by atoms with Gasteiger partial charge in [0.2, 0.25) is 5.95 Å². The lowest BCUT2D eigenvalue weighted by atomic mass is 9.99. The minimum atomic E-state index is -0.712. The molecule has 2 saturated heterocycles. The largest absolute Gasteiger partial charge is 0.486 e. The van der Waals surface area contributed by atoms with E-state index < -0.39 is 6.10 Å². The molecule has 1 amide bonds. The zero-order chi connectivity index (χ0) is 28.9. The molecule has 3 aliphatic heterocycles. The molecule has 0 aliphatic carbocycles. The Hall–Kier alpha value is -3.74. The third-order valence-corrected chi connectivity index (χ3v) is 8.03. The highest BCUT2D eigenvalue weighted by Crippen LogP contribution is 2.25. The van der Waals surface area contributed by atoms with E-state index in [4.69, 9.17) is 13.9 Å². The maximum Gasteiger partial charge on any atom is 0.270 e. The molecule has 42 heavy (non-hydrogen) atoms. The van der Waals surface area contributed by atoms with E-state index in [1.165, 1.54) is 23.9 Å². The second-order valence-corrected chi connectivity index (χ2v) is 11.3. The Morgan fingerprint density at radius 1 is 1.14 bits per heavy atom. The zero-order valence-corrected chi connectivity index (χ0v) is 24.1. The van der Waals surface area contributed by atoms with Crippen LogP contribution in [0.25, 0.3) is 0 Å². The molecule has 3 aliphatic rings. The van der Waals surface area contributed by atoms with Gasteiger partial charge >= 0.3 is 0 Å². The van der Waals surface area contributed by atoms with E-state index in [1.54, 1.807) is 6.07 Å². The van der Waals surface area contributed by atoms with Crippen molar-refractivity contribution in [1.29, 1.82) is 0 Å². The van der Waals surface area contributed by atoms with Gasteiger partial charge in [0, 0.05) is 45.3 Å². The van der Waals surface area contributed by atoms with Crippen LogP contribution < -0.4 is 20.3 Å². The van der Waals surface area contributed by atoms with Crippen molar-refractivity contribution in [1.82, 2.24) is 25.2 Å². The number of nitrogens with one attached hydrogen (secondary N) is 2. The van der Waals surface area contributed by atoms with Gasteiger partial charge in [0.15, 0.2) is 12.2 Å². The molecule has 2 aromatic heterocycles. The maximum atomic E-state index is 13.1. The van der Waals surface area contributed by atoms with Crippen molar-refractivity contribution < 1.29 is 23.8 Å². The fourth-order valence-corrected chi connectivity index (χ4v) is 5.50. The lowest BCUT2D eigenvalue weighted by Gasteiger charge is -2.30. The molecule has 224 valence electrons. The van der Waals surface area contributed by atoms with E-state index in [2.05, 4.69) is 47.5 Å². The molecular formula is C30H39N7O5. The molecule has 0 radical (unpaired) electrons. The van der Waals surface area contributed by atoms with Gasteiger partial charge in [0.1, 0.15) is 23.9 Å². The summed E-state index contributed by atoms with van der Waals surface area (Å²) in [4.78, 5) is 30.8. The number of piperidine rings is 1. The number of aryl methyl sites for hydroxylation is 1. The second-order valence-electron chi connectivity index (χ2n) is 11.3. The Bertz CT molecular complexity index is 1370. The van der Waals surface area contributed by atoms with Crippen molar-refractivity contribution in [2.45, 2.75) is 57.9 Å². The predicted octanol–water partition coefficient (Wildman–Crippen LogP) is 2.30. The Labute approximate surface area is 245 Å². The fraction of sp³-hybridized carbons (Fsp3) is 0.533. The van der Waals surface area contributed by atoms with Crippen LogP contribution in [0.2, 0.25) is 0 Å². The van der Waals surface area contributed by atoms with E-state index >= 15 is 0 Å². The van der Waals surface area contributed by atoms with Gasteiger partial charge in [-0.25, -0.2) is 9.97 Å². The van der Waals surface area contributed by atoms with Crippen molar-refractivity contribution in [3.05, 3.63) is 58.9 Å². The standard InChI is InChI=1S/C30H39N7O5/c1-20-27(42-19-32-20)18-41-25-6-5-22-14-36(10-7-21(22)11-25)15-24(38)13-31-29(39)26-12-28(33-23-16-40-17-23)35-30(34-26)37-8-3-2-4-9-37/h5-6,11-12,19,23-24,38H,2-4,7-10,13-18H2,1H3,(H,31,39)(H,33,34,35)/t24-/m0/s1. The van der Waals surface area contributed by atoms with Crippen molar-refractivity contribution in [2.75, 3.05) is 56.2 Å². The second kappa shape index (κ2) is 13.1. The number of ether oxygens (including phenoxy) is 2. The van der Waals surface area contributed by atoms with Gasteiger partial charge in [0.25, 0.3) is 5.91 Å². The highest BCUT2D eigenvalue weighted by Gasteiger charge is 2.24. The number of fused-ring (bicyclic) bond motifs is 1. The van der Waals surface area contributed by atoms with Crippen LogP contribution in [0.5, 0.6) is 5.75 Å². The van der Waals surface area contributed by atoms with Crippen LogP contribution in [0, 0.1) is 6.92 Å². The summed E-state index contributed by atoms with van der Waals surface area (Å²) in [5, 5.41) is 17.0. The number of amides is 1. The maximum absolute atomic E-state index is 13.1. The molecule has 0 saturated carbocycles. The Kier molecular flexibility index (Phi) is 8.82. The van der Waals surface area contributed by atoms with Crippen molar-refractivity contribution >= 4 is 17.7 Å². The molecular weight excluding hydrogens is 538 g/mol. The lowest BCUT2D eigenvalue weighted by Crippen LogP contribution is -2.42. The van der Waals surface area contributed by atoms with Crippen LogP contribution in [0.15, 0.2) is 35.1 Å². The minimum absolute atomic E-state index is 0.137. The number of anilines is 2. The van der Waals surface area contributed by atoms with Gasteiger partial charge in [-0.3, -0.25) is 9.69 Å². The third kappa shape index (κ3) is 7.00. The lowest BCUT2D eigenvalue weighted by molar-refractivity contribution is 0.0209. The number of aliphatic hydroxyl groups is 1. The van der Waals surface area contributed by atoms with Gasteiger partial charge < -0.3 is 34.5 Å². The summed E-state index contributed by atoms with van der Waals surface area (Å²) in [5.41, 5.74) is 3.58. The van der Waals surface area contributed by atoms with E-state index in [0.717, 1.165) is 62.6 Å². The summed E-state index contributed by atoms with van der Waals surface area (Å²) < 4.78 is 16.5. The molecule has 3 N–H and O–H groups in total. The quantitative estimate of drug-likeness (QED) is 0.309. The third-order valence-electron chi connectivity index (χ3n) is 8.03. The molecule has 1 aromatic carbocycles. The number of carbonyl (C=O) groups is 1. The van der Waals surface area contributed by atoms with Gasteiger partial charge in [-0.15, -0.1) is 0 Å². The van der Waals surface area contributed by atoms with E-state index in [0.29, 0.717) is 43.8 Å².